The SMILES string of the molecule is CSCCC1NC2(CCN(C(=O)COc3cccc(Cl)c3)CC2)N(Cc2ccccc2[N+](=O)[O-])C1=O. The second-order valence-corrected chi connectivity index (χ2v) is 10.4. The summed E-state index contributed by atoms with van der Waals surface area (Å²) in [7, 11) is 0. The van der Waals surface area contributed by atoms with E-state index in [2.05, 4.69) is 5.32 Å². The van der Waals surface area contributed by atoms with Crippen LogP contribution in [0, 0.1) is 10.1 Å². The summed E-state index contributed by atoms with van der Waals surface area (Å²) in [5.41, 5.74) is -0.163. The molecular formula is C25H29ClN4O5S. The number of hydrogen-bond donors (Lipinski definition) is 1. The highest BCUT2D eigenvalue weighted by molar-refractivity contribution is 7.98. The van der Waals surface area contributed by atoms with E-state index in [4.69, 9.17) is 16.3 Å². The quantitative estimate of drug-likeness (QED) is 0.388. The third-order valence-electron chi connectivity index (χ3n) is 6.75. The number of nitro groups is 1. The van der Waals surface area contributed by atoms with Crippen molar-refractivity contribution in [3.8, 4) is 5.75 Å². The molecule has 2 amide bonds. The Kier molecular flexibility index (Phi) is 8.38. The van der Waals surface area contributed by atoms with E-state index in [9.17, 15) is 19.7 Å². The highest BCUT2D eigenvalue weighted by Crippen LogP contribution is 2.36. The van der Waals surface area contributed by atoms with E-state index < -0.39 is 10.6 Å². The third-order valence-corrected chi connectivity index (χ3v) is 7.63. The number of hydrogen-bond acceptors (Lipinski definition) is 7. The summed E-state index contributed by atoms with van der Waals surface area (Å²) in [6.07, 6.45) is 3.72. The highest BCUT2D eigenvalue weighted by atomic mass is 35.5. The van der Waals surface area contributed by atoms with E-state index in [1.165, 1.54) is 6.07 Å². The summed E-state index contributed by atoms with van der Waals surface area (Å²) in [6, 6.07) is 13.1. The molecule has 2 heterocycles. The first-order chi connectivity index (χ1) is 17.3. The number of nitrogens with zero attached hydrogens (tertiary/aromatic N) is 3. The van der Waals surface area contributed by atoms with E-state index in [1.807, 2.05) is 6.26 Å². The number of amides is 2. The third kappa shape index (κ3) is 5.77. The molecule has 1 spiro atoms. The molecule has 0 radical (unpaired) electrons. The number of benzene rings is 2. The summed E-state index contributed by atoms with van der Waals surface area (Å²) in [5.74, 6) is 1.16. The molecule has 1 N–H and O–H groups in total. The van der Waals surface area contributed by atoms with Gasteiger partial charge in [-0.25, -0.2) is 0 Å². The van der Waals surface area contributed by atoms with Gasteiger partial charge in [0.2, 0.25) is 5.91 Å². The van der Waals surface area contributed by atoms with E-state index in [1.54, 1.807) is 64.0 Å². The number of piperidine rings is 1. The normalized spacial score (nSPS) is 19.1. The van der Waals surface area contributed by atoms with Gasteiger partial charge in [-0.3, -0.25) is 25.0 Å². The lowest BCUT2D eigenvalue weighted by atomic mass is 9.95. The number of para-hydroxylation sites is 1. The topological polar surface area (TPSA) is 105 Å². The van der Waals surface area contributed by atoms with Crippen molar-refractivity contribution in [2.75, 3.05) is 31.7 Å². The van der Waals surface area contributed by atoms with Gasteiger partial charge < -0.3 is 14.5 Å². The maximum atomic E-state index is 13.4. The van der Waals surface area contributed by atoms with Crippen LogP contribution >= 0.6 is 23.4 Å². The monoisotopic (exact) mass is 532 g/mol. The van der Waals surface area contributed by atoms with Crippen molar-refractivity contribution in [1.82, 2.24) is 15.1 Å². The zero-order chi connectivity index (χ0) is 25.7. The van der Waals surface area contributed by atoms with E-state index in [0.717, 1.165) is 5.75 Å². The molecule has 11 heteroatoms. The Bertz CT molecular complexity index is 1130. The fraction of sp³-hybridized carbons (Fsp3) is 0.440. The van der Waals surface area contributed by atoms with Crippen molar-refractivity contribution < 1.29 is 19.2 Å². The maximum Gasteiger partial charge on any atom is 0.274 e. The molecule has 0 saturated carbocycles. The summed E-state index contributed by atoms with van der Waals surface area (Å²) < 4.78 is 5.61. The molecule has 2 aliphatic heterocycles. The van der Waals surface area contributed by atoms with Crippen molar-refractivity contribution in [2.24, 2.45) is 0 Å². The fourth-order valence-corrected chi connectivity index (χ4v) is 5.50. The molecule has 0 bridgehead atoms. The van der Waals surface area contributed by atoms with Crippen LogP contribution in [0.1, 0.15) is 24.8 Å². The van der Waals surface area contributed by atoms with Crippen LogP contribution in [0.4, 0.5) is 5.69 Å². The van der Waals surface area contributed by atoms with Gasteiger partial charge in [0.25, 0.3) is 11.6 Å². The predicted molar refractivity (Wildman–Crippen MR) is 139 cm³/mol. The van der Waals surface area contributed by atoms with Crippen LogP contribution in [-0.4, -0.2) is 69.9 Å². The lowest BCUT2D eigenvalue weighted by molar-refractivity contribution is -0.385. The molecule has 1 atom stereocenters. The highest BCUT2D eigenvalue weighted by Gasteiger charge is 2.51. The number of carbonyl (C=O) groups excluding carboxylic acids is 2. The first-order valence-corrected chi connectivity index (χ1v) is 13.6. The fourth-order valence-electron chi connectivity index (χ4n) is 4.85. The van der Waals surface area contributed by atoms with E-state index >= 15 is 0 Å². The average molecular weight is 533 g/mol. The Morgan fingerprint density at radius 3 is 2.69 bits per heavy atom. The lowest BCUT2D eigenvalue weighted by Gasteiger charge is -2.44. The van der Waals surface area contributed by atoms with E-state index in [0.29, 0.717) is 48.7 Å². The molecule has 0 aromatic heterocycles. The minimum Gasteiger partial charge on any atom is -0.484 e. The van der Waals surface area contributed by atoms with E-state index in [-0.39, 0.29) is 36.7 Å². The number of halogens is 1. The van der Waals surface area contributed by atoms with Crippen molar-refractivity contribution in [3.05, 3.63) is 69.2 Å². The van der Waals surface area contributed by atoms with Crippen molar-refractivity contribution in [3.63, 3.8) is 0 Å². The van der Waals surface area contributed by atoms with Gasteiger partial charge in [-0.15, -0.1) is 0 Å². The van der Waals surface area contributed by atoms with Crippen LogP contribution in [0.3, 0.4) is 0 Å². The van der Waals surface area contributed by atoms with Gasteiger partial charge in [-0.1, -0.05) is 35.9 Å². The molecule has 2 fully saturated rings. The van der Waals surface area contributed by atoms with Gasteiger partial charge in [-0.05, 0) is 36.6 Å². The molecule has 0 aliphatic carbocycles. The molecular weight excluding hydrogens is 504 g/mol. The summed E-state index contributed by atoms with van der Waals surface area (Å²) >= 11 is 7.65. The van der Waals surface area contributed by atoms with Crippen LogP contribution < -0.4 is 10.1 Å². The minimum absolute atomic E-state index is 0.00112. The largest absolute Gasteiger partial charge is 0.484 e. The first-order valence-electron chi connectivity index (χ1n) is 11.8. The van der Waals surface area contributed by atoms with Gasteiger partial charge >= 0.3 is 0 Å². The van der Waals surface area contributed by atoms with Gasteiger partial charge in [0.15, 0.2) is 6.61 Å². The Labute approximate surface area is 219 Å². The van der Waals surface area contributed by atoms with Crippen LogP contribution in [0.5, 0.6) is 5.75 Å². The lowest BCUT2D eigenvalue weighted by Crippen LogP contribution is -2.59. The van der Waals surface area contributed by atoms with Gasteiger partial charge in [0.05, 0.1) is 23.2 Å². The maximum absolute atomic E-state index is 13.4. The number of thioether (sulfide) groups is 1. The van der Waals surface area contributed by atoms with Crippen LogP contribution in [-0.2, 0) is 16.1 Å². The molecule has 4 rings (SSSR count). The van der Waals surface area contributed by atoms with Crippen molar-refractivity contribution in [1.29, 1.82) is 0 Å². The molecule has 1 unspecified atom stereocenters. The summed E-state index contributed by atoms with van der Waals surface area (Å²) in [4.78, 5) is 40.9. The minimum atomic E-state index is -0.658. The number of carbonyl (C=O) groups is 2. The standard InChI is InChI=1S/C25H29ClN4O5S/c1-36-14-9-21-24(32)29(16-18-5-2-3-8-22(18)30(33)34)25(27-21)10-12-28(13-11-25)23(31)17-35-20-7-4-6-19(26)15-20/h2-8,15,21,27H,9-14,16-17H2,1H3. The Morgan fingerprint density at radius 1 is 1.25 bits per heavy atom. The second kappa shape index (κ2) is 11.5. The summed E-state index contributed by atoms with van der Waals surface area (Å²) in [6.45, 7) is 0.932. The molecule has 2 saturated heterocycles. The molecule has 2 aromatic rings. The van der Waals surface area contributed by atoms with Crippen LogP contribution in [0.2, 0.25) is 5.02 Å². The number of ether oxygens (including phenoxy) is 1. The number of nitro benzene ring substituents is 1. The van der Waals surface area contributed by atoms with Crippen molar-refractivity contribution >= 4 is 40.9 Å². The first kappa shape index (κ1) is 26.2. The molecule has 36 heavy (non-hydrogen) atoms. The van der Waals surface area contributed by atoms with Gasteiger partial charge in [0, 0.05) is 42.6 Å². The Hall–Kier alpha value is -2.82. The smallest absolute Gasteiger partial charge is 0.274 e. The number of nitrogens with one attached hydrogen (secondary N) is 1. The molecule has 2 aromatic carbocycles. The second-order valence-electron chi connectivity index (χ2n) is 8.95. The molecule has 192 valence electrons. The zero-order valence-electron chi connectivity index (χ0n) is 20.0. The predicted octanol–water partition coefficient (Wildman–Crippen LogP) is 3.70. The van der Waals surface area contributed by atoms with Gasteiger partial charge in [0.1, 0.15) is 5.75 Å². The van der Waals surface area contributed by atoms with Crippen molar-refractivity contribution in [2.45, 2.75) is 37.5 Å². The zero-order valence-corrected chi connectivity index (χ0v) is 21.6. The Morgan fingerprint density at radius 2 is 2.00 bits per heavy atom. The number of rotatable bonds is 9. The molecule has 2 aliphatic rings. The molecule has 9 nitrogen and oxygen atoms in total. The van der Waals surface area contributed by atoms with Crippen LogP contribution in [0.15, 0.2) is 48.5 Å². The number of likely N-dealkylation sites (tertiary alicyclic amines) is 1. The van der Waals surface area contributed by atoms with Gasteiger partial charge in [-0.2, -0.15) is 11.8 Å². The summed E-state index contributed by atoms with van der Waals surface area (Å²) in [5, 5.41) is 15.6. The van der Waals surface area contributed by atoms with Crippen LogP contribution in [0.25, 0.3) is 0 Å². The average Bonchev–Trinajstić information content (AvgIpc) is 3.12. The Balaban J connectivity index is 1.46.